The SMILES string of the molecule is Cc1cc(C(=O)CSc2nnc(CN3CCCCC3)n2Cc2ccccc2)c(C)n1CC(F)(F)F. The molecule has 0 aliphatic carbocycles. The summed E-state index contributed by atoms with van der Waals surface area (Å²) in [6.07, 6.45) is -0.742. The van der Waals surface area contributed by atoms with Crippen LogP contribution in [0.15, 0.2) is 41.6 Å². The number of aromatic nitrogens is 4. The molecule has 1 aromatic carbocycles. The fourth-order valence-electron chi connectivity index (χ4n) is 4.50. The molecule has 0 amide bonds. The van der Waals surface area contributed by atoms with E-state index in [0.717, 1.165) is 29.0 Å². The lowest BCUT2D eigenvalue weighted by Crippen LogP contribution is -2.30. The average Bonchev–Trinajstić information content (AvgIpc) is 3.33. The Morgan fingerprint density at radius 2 is 1.71 bits per heavy atom. The van der Waals surface area contributed by atoms with Crippen LogP contribution in [0.3, 0.4) is 0 Å². The zero-order valence-corrected chi connectivity index (χ0v) is 20.8. The van der Waals surface area contributed by atoms with Crippen molar-refractivity contribution in [3.05, 3.63) is 64.7 Å². The van der Waals surface area contributed by atoms with Crippen LogP contribution in [0.25, 0.3) is 0 Å². The molecule has 1 aliphatic heterocycles. The fraction of sp³-hybridized carbons (Fsp3) is 0.480. The third-order valence-electron chi connectivity index (χ3n) is 6.33. The standard InChI is InChI=1S/C25H30F3N5OS/c1-18-13-21(19(2)33(18)17-25(26,27)28)22(34)16-35-24-30-29-23(15-31-11-7-4-8-12-31)32(24)14-20-9-5-3-6-10-20/h3,5-6,9-10,13H,4,7-8,11-12,14-17H2,1-2H3. The molecule has 10 heteroatoms. The number of likely N-dealkylation sites (tertiary alicyclic amines) is 1. The molecule has 3 aromatic rings. The summed E-state index contributed by atoms with van der Waals surface area (Å²) in [6, 6.07) is 11.6. The number of piperidine rings is 1. The van der Waals surface area contributed by atoms with E-state index in [2.05, 4.69) is 19.7 Å². The Kier molecular flexibility index (Phi) is 8.01. The molecular formula is C25H30F3N5OS. The molecule has 1 saturated heterocycles. The van der Waals surface area contributed by atoms with E-state index in [-0.39, 0.29) is 11.5 Å². The van der Waals surface area contributed by atoms with Gasteiger partial charge in [-0.3, -0.25) is 9.69 Å². The van der Waals surface area contributed by atoms with Crippen LogP contribution in [0.2, 0.25) is 0 Å². The second-order valence-electron chi connectivity index (χ2n) is 9.01. The van der Waals surface area contributed by atoms with Gasteiger partial charge in [0.05, 0.1) is 18.8 Å². The molecule has 0 N–H and O–H groups in total. The van der Waals surface area contributed by atoms with Crippen molar-refractivity contribution in [1.82, 2.24) is 24.2 Å². The van der Waals surface area contributed by atoms with E-state index in [9.17, 15) is 18.0 Å². The first-order chi connectivity index (χ1) is 16.7. The van der Waals surface area contributed by atoms with Crippen LogP contribution in [0.4, 0.5) is 13.2 Å². The van der Waals surface area contributed by atoms with Gasteiger partial charge in [-0.1, -0.05) is 48.5 Å². The molecule has 0 atom stereocenters. The van der Waals surface area contributed by atoms with Crippen LogP contribution in [0.1, 0.15) is 52.4 Å². The summed E-state index contributed by atoms with van der Waals surface area (Å²) in [6.45, 7) is 5.41. The molecule has 0 saturated carbocycles. The van der Waals surface area contributed by atoms with Crippen LogP contribution in [0, 0.1) is 13.8 Å². The molecule has 0 radical (unpaired) electrons. The molecule has 0 unspecified atom stereocenters. The normalized spacial score (nSPS) is 15.0. The van der Waals surface area contributed by atoms with Crippen LogP contribution in [0.5, 0.6) is 0 Å². The molecule has 4 rings (SSSR count). The molecule has 0 spiro atoms. The number of benzene rings is 1. The number of ketones is 1. The summed E-state index contributed by atoms with van der Waals surface area (Å²) in [4.78, 5) is 15.4. The van der Waals surface area contributed by atoms with E-state index in [1.807, 2.05) is 30.3 Å². The highest BCUT2D eigenvalue weighted by atomic mass is 32.2. The van der Waals surface area contributed by atoms with Crippen molar-refractivity contribution in [2.45, 2.75) is 64.1 Å². The highest BCUT2D eigenvalue weighted by Crippen LogP contribution is 2.26. The minimum atomic E-state index is -4.35. The van der Waals surface area contributed by atoms with Crippen molar-refractivity contribution in [2.24, 2.45) is 0 Å². The summed E-state index contributed by atoms with van der Waals surface area (Å²) >= 11 is 1.28. The van der Waals surface area contributed by atoms with Crippen LogP contribution in [-0.4, -0.2) is 55.0 Å². The number of aryl methyl sites for hydroxylation is 1. The Hall–Kier alpha value is -2.59. The number of thioether (sulfide) groups is 1. The molecule has 188 valence electrons. The number of carbonyl (C=O) groups is 1. The molecule has 0 bridgehead atoms. The summed E-state index contributed by atoms with van der Waals surface area (Å²) in [5.74, 6) is 0.713. The molecule has 6 nitrogen and oxygen atoms in total. The molecular weight excluding hydrogens is 475 g/mol. The van der Waals surface area contributed by atoms with Crippen molar-refractivity contribution in [3.8, 4) is 0 Å². The van der Waals surface area contributed by atoms with Gasteiger partial charge < -0.3 is 9.13 Å². The van der Waals surface area contributed by atoms with Gasteiger partial charge in [-0.05, 0) is 51.4 Å². The Morgan fingerprint density at radius 3 is 2.40 bits per heavy atom. The molecule has 35 heavy (non-hydrogen) atoms. The second kappa shape index (κ2) is 11.0. The zero-order valence-electron chi connectivity index (χ0n) is 20.0. The Bertz CT molecular complexity index is 1150. The van der Waals surface area contributed by atoms with Crippen molar-refractivity contribution in [2.75, 3.05) is 18.8 Å². The number of carbonyl (C=O) groups excluding carboxylic acids is 1. The Morgan fingerprint density at radius 1 is 1.00 bits per heavy atom. The first-order valence-electron chi connectivity index (χ1n) is 11.8. The van der Waals surface area contributed by atoms with Gasteiger partial charge in [0.1, 0.15) is 12.4 Å². The van der Waals surface area contributed by atoms with Gasteiger partial charge in [-0.15, -0.1) is 10.2 Å². The van der Waals surface area contributed by atoms with Gasteiger partial charge in [0, 0.05) is 17.0 Å². The topological polar surface area (TPSA) is 56.0 Å². The lowest BCUT2D eigenvalue weighted by molar-refractivity contribution is -0.141. The van der Waals surface area contributed by atoms with Crippen LogP contribution in [-0.2, 0) is 19.6 Å². The number of nitrogens with zero attached hydrogens (tertiary/aromatic N) is 5. The summed E-state index contributed by atoms with van der Waals surface area (Å²) < 4.78 is 42.0. The number of hydrogen-bond acceptors (Lipinski definition) is 5. The largest absolute Gasteiger partial charge is 0.406 e. The van der Waals surface area contributed by atoms with Crippen molar-refractivity contribution in [3.63, 3.8) is 0 Å². The molecule has 2 aromatic heterocycles. The second-order valence-corrected chi connectivity index (χ2v) is 9.95. The predicted molar refractivity (Wildman–Crippen MR) is 130 cm³/mol. The number of halogens is 3. The van der Waals surface area contributed by atoms with Gasteiger partial charge in [0.2, 0.25) is 0 Å². The number of alkyl halides is 3. The van der Waals surface area contributed by atoms with E-state index in [0.29, 0.717) is 35.2 Å². The summed E-state index contributed by atoms with van der Waals surface area (Å²) in [7, 11) is 0. The van der Waals surface area contributed by atoms with Gasteiger partial charge in [0.15, 0.2) is 10.9 Å². The minimum Gasteiger partial charge on any atom is -0.339 e. The van der Waals surface area contributed by atoms with Crippen LogP contribution < -0.4 is 0 Å². The first kappa shape index (κ1) is 25.5. The molecule has 3 heterocycles. The van der Waals surface area contributed by atoms with E-state index < -0.39 is 12.7 Å². The summed E-state index contributed by atoms with van der Waals surface area (Å²) in [5.41, 5.74) is 2.18. The fourth-order valence-corrected chi connectivity index (χ4v) is 5.34. The maximum absolute atomic E-state index is 13.0. The minimum absolute atomic E-state index is 0.0763. The quantitative estimate of drug-likeness (QED) is 0.293. The van der Waals surface area contributed by atoms with Gasteiger partial charge in [-0.25, -0.2) is 0 Å². The predicted octanol–water partition coefficient (Wildman–Crippen LogP) is 5.27. The van der Waals surface area contributed by atoms with Crippen molar-refractivity contribution >= 4 is 17.5 Å². The third kappa shape index (κ3) is 6.55. The number of rotatable bonds is 9. The van der Waals surface area contributed by atoms with Gasteiger partial charge in [-0.2, -0.15) is 13.2 Å². The average molecular weight is 506 g/mol. The van der Waals surface area contributed by atoms with E-state index >= 15 is 0 Å². The monoisotopic (exact) mass is 505 g/mol. The van der Waals surface area contributed by atoms with Crippen molar-refractivity contribution in [1.29, 1.82) is 0 Å². The van der Waals surface area contributed by atoms with E-state index in [1.54, 1.807) is 19.9 Å². The number of hydrogen-bond donors (Lipinski definition) is 0. The Balaban J connectivity index is 1.51. The lowest BCUT2D eigenvalue weighted by atomic mass is 10.1. The maximum Gasteiger partial charge on any atom is 0.406 e. The van der Waals surface area contributed by atoms with Gasteiger partial charge >= 0.3 is 6.18 Å². The van der Waals surface area contributed by atoms with Gasteiger partial charge in [0.25, 0.3) is 0 Å². The maximum atomic E-state index is 13.0. The summed E-state index contributed by atoms with van der Waals surface area (Å²) in [5, 5.41) is 9.46. The zero-order chi connectivity index (χ0) is 25.0. The highest BCUT2D eigenvalue weighted by molar-refractivity contribution is 7.99. The van der Waals surface area contributed by atoms with Crippen LogP contribution >= 0.6 is 11.8 Å². The van der Waals surface area contributed by atoms with E-state index in [1.165, 1.54) is 31.0 Å². The highest BCUT2D eigenvalue weighted by Gasteiger charge is 2.30. The molecule has 1 fully saturated rings. The smallest absolute Gasteiger partial charge is 0.339 e. The first-order valence-corrected chi connectivity index (χ1v) is 12.8. The number of Topliss-reactive ketones (excluding diaryl/α,β-unsaturated/α-hetero) is 1. The third-order valence-corrected chi connectivity index (χ3v) is 7.30. The Labute approximate surface area is 207 Å². The van der Waals surface area contributed by atoms with E-state index in [4.69, 9.17) is 0 Å². The van der Waals surface area contributed by atoms with Crippen molar-refractivity contribution < 1.29 is 18.0 Å². The molecule has 1 aliphatic rings. The lowest BCUT2D eigenvalue weighted by Gasteiger charge is -2.26.